The number of benzene rings is 1. The molecule has 2 unspecified atom stereocenters. The molecule has 2 aliphatic heterocycles. The Kier molecular flexibility index (Phi) is 3.58. The molecule has 3 aliphatic rings. The van der Waals surface area contributed by atoms with Crippen LogP contribution in [0.3, 0.4) is 0 Å². The maximum Gasteiger partial charge on any atom is 0.140 e. The van der Waals surface area contributed by atoms with E-state index < -0.39 is 0 Å². The van der Waals surface area contributed by atoms with Crippen LogP contribution in [0.2, 0.25) is 0 Å². The Morgan fingerprint density at radius 2 is 1.96 bits per heavy atom. The summed E-state index contributed by atoms with van der Waals surface area (Å²) in [5.41, 5.74) is 2.57. The number of rotatable bonds is 5. The molecule has 0 N–H and O–H groups in total. The number of imidazole rings is 1. The predicted octanol–water partition coefficient (Wildman–Crippen LogP) is 3.50. The van der Waals surface area contributed by atoms with Gasteiger partial charge in [0.25, 0.3) is 0 Å². The first-order chi connectivity index (χ1) is 11.9. The molecule has 2 fully saturated rings. The van der Waals surface area contributed by atoms with Crippen molar-refractivity contribution in [1.29, 1.82) is 0 Å². The van der Waals surface area contributed by atoms with Gasteiger partial charge in [0.1, 0.15) is 18.2 Å². The van der Waals surface area contributed by atoms with Crippen molar-refractivity contribution in [2.24, 2.45) is 0 Å². The average Bonchev–Trinajstić information content (AvgIpc) is 3.18. The van der Waals surface area contributed by atoms with Crippen molar-refractivity contribution in [3.05, 3.63) is 36.2 Å². The molecule has 4 heteroatoms. The average molecular weight is 323 g/mol. The van der Waals surface area contributed by atoms with Crippen molar-refractivity contribution < 1.29 is 4.74 Å². The molecule has 1 aromatic heterocycles. The molecule has 5 rings (SSSR count). The maximum absolute atomic E-state index is 6.00. The number of nitrogens with zero attached hydrogens (tertiary/aromatic N) is 3. The Balaban J connectivity index is 1.22. The fourth-order valence-corrected chi connectivity index (χ4v) is 4.07. The third-order valence-electron chi connectivity index (χ3n) is 5.86. The summed E-state index contributed by atoms with van der Waals surface area (Å²) in [5.74, 6) is 2.08. The molecule has 24 heavy (non-hydrogen) atoms. The summed E-state index contributed by atoms with van der Waals surface area (Å²) in [6, 6.07) is 9.99. The zero-order valence-corrected chi connectivity index (χ0v) is 14.2. The molecule has 1 aliphatic carbocycles. The monoisotopic (exact) mass is 323 g/mol. The van der Waals surface area contributed by atoms with Gasteiger partial charge < -0.3 is 9.30 Å². The Morgan fingerprint density at radius 3 is 2.75 bits per heavy atom. The van der Waals surface area contributed by atoms with E-state index in [9.17, 15) is 0 Å². The lowest BCUT2D eigenvalue weighted by molar-refractivity contribution is 0.215. The van der Waals surface area contributed by atoms with Crippen LogP contribution in [-0.2, 0) is 13.0 Å². The second kappa shape index (κ2) is 5.92. The zero-order chi connectivity index (χ0) is 15.9. The molecule has 126 valence electrons. The van der Waals surface area contributed by atoms with E-state index in [0.29, 0.717) is 6.04 Å². The van der Waals surface area contributed by atoms with Crippen molar-refractivity contribution in [2.75, 3.05) is 13.2 Å². The summed E-state index contributed by atoms with van der Waals surface area (Å²) in [6.07, 6.45) is 9.94. The molecule has 1 saturated heterocycles. The van der Waals surface area contributed by atoms with Crippen LogP contribution < -0.4 is 4.74 Å². The van der Waals surface area contributed by atoms with E-state index in [0.717, 1.165) is 37.2 Å². The van der Waals surface area contributed by atoms with Gasteiger partial charge in [0.05, 0.1) is 6.04 Å². The number of ether oxygens (including phenoxy) is 1. The summed E-state index contributed by atoms with van der Waals surface area (Å²) >= 11 is 0. The van der Waals surface area contributed by atoms with Gasteiger partial charge in [0.2, 0.25) is 0 Å². The number of aromatic nitrogens is 2. The molecular formula is C20H25N3O. The van der Waals surface area contributed by atoms with E-state index in [1.807, 2.05) is 6.20 Å². The first-order valence-electron chi connectivity index (χ1n) is 9.42. The summed E-state index contributed by atoms with van der Waals surface area (Å²) in [6.45, 7) is 3.15. The molecule has 3 heterocycles. The van der Waals surface area contributed by atoms with E-state index in [2.05, 4.69) is 38.7 Å². The van der Waals surface area contributed by atoms with Gasteiger partial charge in [-0.3, -0.25) is 4.90 Å². The van der Waals surface area contributed by atoms with E-state index in [4.69, 9.17) is 4.74 Å². The highest BCUT2D eigenvalue weighted by atomic mass is 16.5. The molecule has 1 saturated carbocycles. The lowest BCUT2D eigenvalue weighted by Gasteiger charge is -2.27. The highest BCUT2D eigenvalue weighted by Crippen LogP contribution is 2.34. The van der Waals surface area contributed by atoms with Crippen LogP contribution in [0.5, 0.6) is 5.75 Å². The number of hydrogen-bond acceptors (Lipinski definition) is 3. The molecule has 0 amide bonds. The van der Waals surface area contributed by atoms with Crippen LogP contribution in [0.1, 0.15) is 37.8 Å². The topological polar surface area (TPSA) is 30.1 Å². The van der Waals surface area contributed by atoms with Crippen molar-refractivity contribution in [2.45, 2.75) is 57.2 Å². The van der Waals surface area contributed by atoms with E-state index in [-0.39, 0.29) is 0 Å². The Bertz CT molecular complexity index is 717. The SMILES string of the molecule is c1cc(-c2ncc3n2CCCC3)ccc1OCC1CN1C1CCC1. The van der Waals surface area contributed by atoms with Gasteiger partial charge in [0.15, 0.2) is 0 Å². The summed E-state index contributed by atoms with van der Waals surface area (Å²) in [5, 5.41) is 0. The number of aryl methyl sites for hydroxylation is 1. The van der Waals surface area contributed by atoms with Crippen LogP contribution >= 0.6 is 0 Å². The van der Waals surface area contributed by atoms with Gasteiger partial charge in [0, 0.05) is 36.6 Å². The fourth-order valence-electron chi connectivity index (χ4n) is 4.07. The molecule has 4 nitrogen and oxygen atoms in total. The van der Waals surface area contributed by atoms with Gasteiger partial charge in [-0.2, -0.15) is 0 Å². The van der Waals surface area contributed by atoms with Crippen LogP contribution in [-0.4, -0.2) is 39.7 Å². The highest BCUT2D eigenvalue weighted by molar-refractivity contribution is 5.57. The molecule has 0 radical (unpaired) electrons. The van der Waals surface area contributed by atoms with Crippen LogP contribution in [0, 0.1) is 0 Å². The van der Waals surface area contributed by atoms with Crippen LogP contribution in [0.15, 0.2) is 30.5 Å². The normalized spacial score (nSPS) is 25.8. The summed E-state index contributed by atoms with van der Waals surface area (Å²) < 4.78 is 8.37. The van der Waals surface area contributed by atoms with Gasteiger partial charge in [-0.15, -0.1) is 0 Å². The Hall–Kier alpha value is -1.81. The van der Waals surface area contributed by atoms with Crippen molar-refractivity contribution in [3.63, 3.8) is 0 Å². The molecule has 0 bridgehead atoms. The minimum absolute atomic E-state index is 0.647. The molecule has 0 spiro atoms. The van der Waals surface area contributed by atoms with Crippen LogP contribution in [0.4, 0.5) is 0 Å². The standard InChI is InChI=1S/C20H25N3O/c1-2-11-22-17(4-1)12-21-20(22)15-7-9-19(10-8-15)24-14-18-13-23(18)16-5-3-6-16/h7-10,12,16,18H,1-6,11,13-14H2. The lowest BCUT2D eigenvalue weighted by Crippen LogP contribution is -2.29. The van der Waals surface area contributed by atoms with Gasteiger partial charge in [-0.25, -0.2) is 4.98 Å². The first kappa shape index (κ1) is 14.5. The van der Waals surface area contributed by atoms with Crippen molar-refractivity contribution in [3.8, 4) is 17.1 Å². The number of fused-ring (bicyclic) bond motifs is 1. The zero-order valence-electron chi connectivity index (χ0n) is 14.2. The van der Waals surface area contributed by atoms with Gasteiger partial charge in [-0.1, -0.05) is 6.42 Å². The van der Waals surface area contributed by atoms with Gasteiger partial charge >= 0.3 is 0 Å². The summed E-state index contributed by atoms with van der Waals surface area (Å²) in [4.78, 5) is 7.23. The lowest BCUT2D eigenvalue weighted by atomic mass is 9.93. The second-order valence-electron chi connectivity index (χ2n) is 7.45. The van der Waals surface area contributed by atoms with Gasteiger partial charge in [-0.05, 0) is 56.4 Å². The van der Waals surface area contributed by atoms with E-state index in [1.54, 1.807) is 0 Å². The van der Waals surface area contributed by atoms with E-state index in [1.165, 1.54) is 49.9 Å². The van der Waals surface area contributed by atoms with Crippen molar-refractivity contribution >= 4 is 0 Å². The third kappa shape index (κ3) is 2.63. The minimum Gasteiger partial charge on any atom is -0.492 e. The van der Waals surface area contributed by atoms with E-state index >= 15 is 0 Å². The molecule has 1 aromatic carbocycles. The summed E-state index contributed by atoms with van der Waals surface area (Å²) in [7, 11) is 0. The molecule has 2 aromatic rings. The minimum atomic E-state index is 0.647. The number of hydrogen-bond donors (Lipinski definition) is 0. The van der Waals surface area contributed by atoms with Crippen molar-refractivity contribution in [1.82, 2.24) is 14.5 Å². The second-order valence-corrected chi connectivity index (χ2v) is 7.45. The smallest absolute Gasteiger partial charge is 0.140 e. The quantitative estimate of drug-likeness (QED) is 0.789. The largest absolute Gasteiger partial charge is 0.492 e. The Labute approximate surface area is 143 Å². The Morgan fingerprint density at radius 1 is 1.08 bits per heavy atom. The highest BCUT2D eigenvalue weighted by Gasteiger charge is 2.42. The fraction of sp³-hybridized carbons (Fsp3) is 0.550. The molecular weight excluding hydrogens is 298 g/mol. The van der Waals surface area contributed by atoms with Crippen LogP contribution in [0.25, 0.3) is 11.4 Å². The third-order valence-corrected chi connectivity index (χ3v) is 5.86. The predicted molar refractivity (Wildman–Crippen MR) is 94.2 cm³/mol. The maximum atomic E-state index is 6.00. The first-order valence-corrected chi connectivity index (χ1v) is 9.42. The molecule has 2 atom stereocenters.